The molecule has 0 aliphatic heterocycles. The fourth-order valence-corrected chi connectivity index (χ4v) is 3.49. The van der Waals surface area contributed by atoms with Gasteiger partial charge in [-0.25, -0.2) is 8.42 Å². The molecule has 0 amide bonds. The van der Waals surface area contributed by atoms with Gasteiger partial charge < -0.3 is 9.84 Å². The number of ether oxygens (including phenoxy) is 1. The zero-order valence-corrected chi connectivity index (χ0v) is 14.1. The maximum atomic E-state index is 12.6. The number of aliphatic hydroxyl groups excluding tert-OH is 1. The Morgan fingerprint density at radius 1 is 1.29 bits per heavy atom. The summed E-state index contributed by atoms with van der Waals surface area (Å²) in [6.45, 7) is 7.88. The second-order valence-electron chi connectivity index (χ2n) is 5.37. The highest BCUT2D eigenvalue weighted by atomic mass is 32.2. The Hall–Kier alpha value is -1.11. The third kappa shape index (κ3) is 3.96. The van der Waals surface area contributed by atoms with Crippen LogP contribution in [0.2, 0.25) is 0 Å². The van der Waals surface area contributed by atoms with Crippen LogP contribution in [0.25, 0.3) is 0 Å². The van der Waals surface area contributed by atoms with E-state index in [4.69, 9.17) is 4.74 Å². The summed E-state index contributed by atoms with van der Waals surface area (Å²) in [6.07, 6.45) is 0. The first-order chi connectivity index (χ1) is 9.75. The fourth-order valence-electron chi connectivity index (χ4n) is 1.94. The largest absolute Gasteiger partial charge is 0.494 e. The number of sulfonamides is 1. The van der Waals surface area contributed by atoms with E-state index >= 15 is 0 Å². The number of aliphatic hydroxyl groups is 1. The predicted molar refractivity (Wildman–Crippen MR) is 82.8 cm³/mol. The quantitative estimate of drug-likeness (QED) is 0.838. The molecule has 5 nitrogen and oxygen atoms in total. The Kier molecular flexibility index (Phi) is 6.19. The highest BCUT2D eigenvalue weighted by Crippen LogP contribution is 2.26. The molecule has 0 aliphatic carbocycles. The first kappa shape index (κ1) is 17.9. The minimum absolute atomic E-state index is 0.112. The van der Waals surface area contributed by atoms with E-state index in [1.165, 1.54) is 16.4 Å². The monoisotopic (exact) mass is 315 g/mol. The molecule has 0 fully saturated rings. The lowest BCUT2D eigenvalue weighted by Gasteiger charge is -2.27. The van der Waals surface area contributed by atoms with Crippen molar-refractivity contribution in [3.05, 3.63) is 23.8 Å². The lowest BCUT2D eigenvalue weighted by Crippen LogP contribution is -2.38. The van der Waals surface area contributed by atoms with Crippen LogP contribution in [0.15, 0.2) is 23.1 Å². The Bertz CT molecular complexity index is 569. The molecule has 1 aromatic rings. The summed E-state index contributed by atoms with van der Waals surface area (Å²) in [5, 5.41) is 9.38. The third-order valence-corrected chi connectivity index (χ3v) is 5.66. The smallest absolute Gasteiger partial charge is 0.243 e. The lowest BCUT2D eigenvalue weighted by molar-refractivity contribution is 0.266. The maximum absolute atomic E-state index is 12.6. The Labute approximate surface area is 127 Å². The third-order valence-electron chi connectivity index (χ3n) is 3.72. The van der Waals surface area contributed by atoms with Crippen LogP contribution in [-0.2, 0) is 16.6 Å². The normalized spacial score (nSPS) is 13.7. The van der Waals surface area contributed by atoms with Gasteiger partial charge in [-0.3, -0.25) is 0 Å². The molecule has 120 valence electrons. The van der Waals surface area contributed by atoms with Crippen LogP contribution < -0.4 is 4.74 Å². The SMILES string of the molecule is CCOc1ccc(S(=O)(=O)N(C)C(C)C(C)C)cc1CO. The highest BCUT2D eigenvalue weighted by Gasteiger charge is 2.27. The topological polar surface area (TPSA) is 66.8 Å². The van der Waals surface area contributed by atoms with E-state index in [2.05, 4.69) is 0 Å². The van der Waals surface area contributed by atoms with Gasteiger partial charge in [-0.05, 0) is 38.0 Å². The van der Waals surface area contributed by atoms with Gasteiger partial charge in [0.2, 0.25) is 10.0 Å². The van der Waals surface area contributed by atoms with Crippen LogP contribution in [0.1, 0.15) is 33.3 Å². The first-order valence-electron chi connectivity index (χ1n) is 7.10. The Balaban J connectivity index is 3.20. The molecule has 1 unspecified atom stereocenters. The van der Waals surface area contributed by atoms with Crippen LogP contribution in [0.3, 0.4) is 0 Å². The summed E-state index contributed by atoms with van der Waals surface area (Å²) in [5.74, 6) is 0.725. The molecule has 0 radical (unpaired) electrons. The summed E-state index contributed by atoms with van der Waals surface area (Å²) >= 11 is 0. The molecule has 21 heavy (non-hydrogen) atoms. The van der Waals surface area contributed by atoms with Gasteiger partial charge in [0, 0.05) is 18.7 Å². The molecular formula is C15H25NO4S. The minimum Gasteiger partial charge on any atom is -0.494 e. The van der Waals surface area contributed by atoms with Crippen LogP contribution in [0, 0.1) is 5.92 Å². The summed E-state index contributed by atoms with van der Waals surface area (Å²) in [5.41, 5.74) is 0.475. The molecule has 1 atom stereocenters. The van der Waals surface area contributed by atoms with Gasteiger partial charge in [-0.1, -0.05) is 13.8 Å². The molecule has 1 N–H and O–H groups in total. The number of hydrogen-bond donors (Lipinski definition) is 1. The van der Waals surface area contributed by atoms with Crippen molar-refractivity contribution < 1.29 is 18.3 Å². The van der Waals surface area contributed by atoms with Crippen LogP contribution in [0.5, 0.6) is 5.75 Å². The molecule has 0 saturated carbocycles. The van der Waals surface area contributed by atoms with E-state index in [-0.39, 0.29) is 23.5 Å². The van der Waals surface area contributed by atoms with E-state index in [0.717, 1.165) is 0 Å². The van der Waals surface area contributed by atoms with Crippen LogP contribution in [0.4, 0.5) is 0 Å². The van der Waals surface area contributed by atoms with E-state index in [9.17, 15) is 13.5 Å². The predicted octanol–water partition coefficient (Wildman–Crippen LogP) is 2.24. The van der Waals surface area contributed by atoms with Gasteiger partial charge in [0.15, 0.2) is 0 Å². The maximum Gasteiger partial charge on any atom is 0.243 e. The van der Waals surface area contributed by atoms with E-state index in [1.54, 1.807) is 13.1 Å². The summed E-state index contributed by atoms with van der Waals surface area (Å²) in [6, 6.07) is 4.47. The fraction of sp³-hybridized carbons (Fsp3) is 0.600. The standard InChI is InChI=1S/C15H25NO4S/c1-6-20-15-8-7-14(9-13(15)10-17)21(18,19)16(5)12(4)11(2)3/h7-9,11-12,17H,6,10H2,1-5H3. The molecule has 6 heteroatoms. The molecule has 1 rings (SSSR count). The van der Waals surface area contributed by atoms with E-state index in [1.807, 2.05) is 27.7 Å². The second kappa shape index (κ2) is 7.24. The molecule has 0 heterocycles. The summed E-state index contributed by atoms with van der Waals surface area (Å²) in [4.78, 5) is 0.171. The van der Waals surface area contributed by atoms with Gasteiger partial charge in [-0.2, -0.15) is 4.31 Å². The van der Waals surface area contributed by atoms with Gasteiger partial charge in [0.05, 0.1) is 18.1 Å². The number of rotatable bonds is 7. The van der Waals surface area contributed by atoms with Gasteiger partial charge >= 0.3 is 0 Å². The summed E-state index contributed by atoms with van der Waals surface area (Å²) < 4.78 is 32.0. The number of hydrogen-bond acceptors (Lipinski definition) is 4. The Morgan fingerprint density at radius 2 is 1.90 bits per heavy atom. The Morgan fingerprint density at radius 3 is 2.38 bits per heavy atom. The van der Waals surface area contributed by atoms with Gasteiger partial charge in [-0.15, -0.1) is 0 Å². The molecule has 0 spiro atoms. The van der Waals surface area contributed by atoms with Crippen molar-refractivity contribution in [2.75, 3.05) is 13.7 Å². The average molecular weight is 315 g/mol. The van der Waals surface area contributed by atoms with Crippen molar-refractivity contribution in [1.82, 2.24) is 4.31 Å². The molecule has 1 aromatic carbocycles. The van der Waals surface area contributed by atoms with E-state index < -0.39 is 10.0 Å². The highest BCUT2D eigenvalue weighted by molar-refractivity contribution is 7.89. The average Bonchev–Trinajstić information content (AvgIpc) is 2.45. The molecule has 0 bridgehead atoms. The molecule has 0 aliphatic rings. The van der Waals surface area contributed by atoms with Crippen molar-refractivity contribution in [3.8, 4) is 5.75 Å². The van der Waals surface area contributed by atoms with Crippen molar-refractivity contribution in [3.63, 3.8) is 0 Å². The molecular weight excluding hydrogens is 290 g/mol. The molecule has 0 saturated heterocycles. The van der Waals surface area contributed by atoms with Crippen LogP contribution in [-0.4, -0.2) is 37.5 Å². The number of benzene rings is 1. The van der Waals surface area contributed by atoms with Crippen molar-refractivity contribution in [2.45, 2.75) is 45.2 Å². The van der Waals surface area contributed by atoms with Crippen LogP contribution >= 0.6 is 0 Å². The van der Waals surface area contributed by atoms with Crippen molar-refractivity contribution in [2.24, 2.45) is 5.92 Å². The van der Waals surface area contributed by atoms with Crippen molar-refractivity contribution in [1.29, 1.82) is 0 Å². The zero-order valence-electron chi connectivity index (χ0n) is 13.3. The first-order valence-corrected chi connectivity index (χ1v) is 8.54. The zero-order chi connectivity index (χ0) is 16.2. The van der Waals surface area contributed by atoms with Gasteiger partial charge in [0.1, 0.15) is 5.75 Å². The minimum atomic E-state index is -3.58. The number of nitrogens with zero attached hydrogens (tertiary/aromatic N) is 1. The lowest BCUT2D eigenvalue weighted by atomic mass is 10.1. The second-order valence-corrected chi connectivity index (χ2v) is 7.36. The van der Waals surface area contributed by atoms with Crippen molar-refractivity contribution >= 4 is 10.0 Å². The van der Waals surface area contributed by atoms with E-state index in [0.29, 0.717) is 17.9 Å². The summed E-state index contributed by atoms with van der Waals surface area (Å²) in [7, 11) is -2.00. The van der Waals surface area contributed by atoms with Gasteiger partial charge in [0.25, 0.3) is 0 Å². The molecule has 0 aromatic heterocycles.